The minimum Gasteiger partial charge on any atom is -0.497 e. The minimum absolute atomic E-state index is 0.0416. The van der Waals surface area contributed by atoms with Gasteiger partial charge in [0.25, 0.3) is 11.4 Å². The lowest BCUT2D eigenvalue weighted by Gasteiger charge is -2.25. The molecule has 1 aromatic carbocycles. The standard InChI is InChI=1S/C26H33N5O4/c1-18(2)27-24(32)17-31-22(19-8-7-9-20(16-19)34-3)11-10-21(26(31)33)25-28-23(29-35-25)12-15-30-13-5-4-6-14-30/h7-11,16,18H,4-6,12-15,17H2,1-3H3,(H,27,32). The van der Waals surface area contributed by atoms with Crippen molar-refractivity contribution in [2.24, 2.45) is 0 Å². The van der Waals surface area contributed by atoms with Crippen LogP contribution < -0.4 is 15.6 Å². The zero-order valence-electron chi connectivity index (χ0n) is 20.6. The highest BCUT2D eigenvalue weighted by molar-refractivity contribution is 5.77. The molecule has 9 nitrogen and oxygen atoms in total. The number of carbonyl (C=O) groups excluding carboxylic acids is 1. The molecule has 3 aromatic rings. The van der Waals surface area contributed by atoms with Gasteiger partial charge in [0.15, 0.2) is 5.82 Å². The Morgan fingerprint density at radius 2 is 1.97 bits per heavy atom. The van der Waals surface area contributed by atoms with Crippen molar-refractivity contribution in [2.75, 3.05) is 26.7 Å². The number of piperidine rings is 1. The first-order valence-corrected chi connectivity index (χ1v) is 12.2. The molecule has 9 heteroatoms. The highest BCUT2D eigenvalue weighted by Gasteiger charge is 2.20. The summed E-state index contributed by atoms with van der Waals surface area (Å²) in [6, 6.07) is 10.8. The van der Waals surface area contributed by atoms with E-state index >= 15 is 0 Å². The number of nitrogens with one attached hydrogen (secondary N) is 1. The molecule has 0 radical (unpaired) electrons. The Balaban J connectivity index is 1.64. The summed E-state index contributed by atoms with van der Waals surface area (Å²) in [5.41, 5.74) is 1.26. The topological polar surface area (TPSA) is 102 Å². The third kappa shape index (κ3) is 6.16. The summed E-state index contributed by atoms with van der Waals surface area (Å²) in [5, 5.41) is 6.95. The van der Waals surface area contributed by atoms with Crippen LogP contribution in [0.3, 0.4) is 0 Å². The van der Waals surface area contributed by atoms with Gasteiger partial charge >= 0.3 is 0 Å². The van der Waals surface area contributed by atoms with Gasteiger partial charge in [-0.25, -0.2) is 0 Å². The SMILES string of the molecule is COc1cccc(-c2ccc(-c3nc(CCN4CCCCC4)no3)c(=O)n2CC(=O)NC(C)C)c1. The first kappa shape index (κ1) is 24.7. The largest absolute Gasteiger partial charge is 0.497 e. The van der Waals surface area contributed by atoms with Crippen molar-refractivity contribution in [1.29, 1.82) is 0 Å². The summed E-state index contributed by atoms with van der Waals surface area (Å²) in [6.07, 6.45) is 4.40. The second-order valence-electron chi connectivity index (χ2n) is 9.15. The number of hydrogen-bond donors (Lipinski definition) is 1. The van der Waals surface area contributed by atoms with E-state index in [-0.39, 0.29) is 35.5 Å². The molecule has 0 atom stereocenters. The van der Waals surface area contributed by atoms with E-state index in [2.05, 4.69) is 20.4 Å². The number of amides is 1. The Kier molecular flexibility index (Phi) is 7.97. The average Bonchev–Trinajstić information content (AvgIpc) is 3.33. The van der Waals surface area contributed by atoms with Crippen molar-refractivity contribution in [3.8, 4) is 28.5 Å². The molecule has 0 aliphatic carbocycles. The van der Waals surface area contributed by atoms with Crippen LogP contribution in [0.1, 0.15) is 38.9 Å². The lowest BCUT2D eigenvalue weighted by molar-refractivity contribution is -0.122. The van der Waals surface area contributed by atoms with Gasteiger partial charge in [-0.2, -0.15) is 4.98 Å². The molecule has 0 saturated carbocycles. The number of carbonyl (C=O) groups is 1. The third-order valence-corrected chi connectivity index (χ3v) is 6.09. The van der Waals surface area contributed by atoms with E-state index in [0.29, 0.717) is 23.7 Å². The Hall–Kier alpha value is -3.46. The molecule has 1 aliphatic rings. The molecular formula is C26H33N5O4. The number of rotatable bonds is 9. The van der Waals surface area contributed by atoms with Gasteiger partial charge in [-0.1, -0.05) is 23.7 Å². The number of pyridine rings is 1. The van der Waals surface area contributed by atoms with E-state index in [1.54, 1.807) is 19.2 Å². The molecule has 4 rings (SSSR count). The van der Waals surface area contributed by atoms with E-state index in [1.165, 1.54) is 23.8 Å². The van der Waals surface area contributed by atoms with Gasteiger partial charge in [-0.05, 0) is 64.0 Å². The fraction of sp³-hybridized carbons (Fsp3) is 0.462. The maximum atomic E-state index is 13.6. The Labute approximate surface area is 205 Å². The highest BCUT2D eigenvalue weighted by Crippen LogP contribution is 2.25. The van der Waals surface area contributed by atoms with Crippen molar-refractivity contribution >= 4 is 5.91 Å². The summed E-state index contributed by atoms with van der Waals surface area (Å²) in [6.45, 7) is 6.69. The summed E-state index contributed by atoms with van der Waals surface area (Å²) in [7, 11) is 1.59. The monoisotopic (exact) mass is 479 g/mol. The molecule has 1 aliphatic heterocycles. The maximum Gasteiger partial charge on any atom is 0.264 e. The van der Waals surface area contributed by atoms with Crippen LogP contribution in [0.4, 0.5) is 0 Å². The fourth-order valence-electron chi connectivity index (χ4n) is 4.35. The molecule has 1 amide bonds. The number of benzene rings is 1. The lowest BCUT2D eigenvalue weighted by atomic mass is 10.1. The molecule has 2 aromatic heterocycles. The van der Waals surface area contributed by atoms with Gasteiger partial charge < -0.3 is 19.5 Å². The van der Waals surface area contributed by atoms with Gasteiger partial charge in [-0.3, -0.25) is 14.2 Å². The van der Waals surface area contributed by atoms with E-state index in [9.17, 15) is 9.59 Å². The normalized spacial score (nSPS) is 14.3. The van der Waals surface area contributed by atoms with Gasteiger partial charge in [0, 0.05) is 24.6 Å². The predicted molar refractivity (Wildman–Crippen MR) is 133 cm³/mol. The minimum atomic E-state index is -0.365. The molecule has 1 fully saturated rings. The van der Waals surface area contributed by atoms with Crippen molar-refractivity contribution in [2.45, 2.75) is 52.1 Å². The van der Waals surface area contributed by atoms with Crippen LogP contribution in [0, 0.1) is 0 Å². The quantitative estimate of drug-likeness (QED) is 0.503. The van der Waals surface area contributed by atoms with E-state index in [0.717, 1.165) is 25.2 Å². The first-order chi connectivity index (χ1) is 16.9. The molecule has 0 spiro atoms. The van der Waals surface area contributed by atoms with Crippen LogP contribution in [0.15, 0.2) is 45.7 Å². The van der Waals surface area contributed by atoms with E-state index < -0.39 is 0 Å². The van der Waals surface area contributed by atoms with Crippen LogP contribution in [0.5, 0.6) is 5.75 Å². The van der Waals surface area contributed by atoms with Crippen molar-refractivity contribution in [1.82, 2.24) is 24.9 Å². The van der Waals surface area contributed by atoms with Gasteiger partial charge in [0.05, 0.1) is 12.8 Å². The number of aromatic nitrogens is 3. The summed E-state index contributed by atoms with van der Waals surface area (Å²) < 4.78 is 12.2. The van der Waals surface area contributed by atoms with Crippen LogP contribution in [-0.2, 0) is 17.8 Å². The molecule has 1 saturated heterocycles. The van der Waals surface area contributed by atoms with E-state index in [4.69, 9.17) is 9.26 Å². The molecular weight excluding hydrogens is 446 g/mol. The lowest BCUT2D eigenvalue weighted by Crippen LogP contribution is -2.36. The van der Waals surface area contributed by atoms with Gasteiger partial charge in [0.2, 0.25) is 5.91 Å². The predicted octanol–water partition coefficient (Wildman–Crippen LogP) is 3.13. The smallest absolute Gasteiger partial charge is 0.264 e. The second-order valence-corrected chi connectivity index (χ2v) is 9.15. The van der Waals surface area contributed by atoms with E-state index in [1.807, 2.05) is 38.1 Å². The molecule has 186 valence electrons. The Bertz CT molecular complexity index is 1210. The summed E-state index contributed by atoms with van der Waals surface area (Å²) >= 11 is 0. The fourth-order valence-corrected chi connectivity index (χ4v) is 4.35. The molecule has 0 unspecified atom stereocenters. The van der Waals surface area contributed by atoms with Gasteiger partial charge in [0.1, 0.15) is 17.9 Å². The average molecular weight is 480 g/mol. The maximum absolute atomic E-state index is 13.6. The molecule has 1 N–H and O–H groups in total. The number of methoxy groups -OCH3 is 1. The zero-order chi connectivity index (χ0) is 24.8. The number of hydrogen-bond acceptors (Lipinski definition) is 7. The highest BCUT2D eigenvalue weighted by atomic mass is 16.5. The summed E-state index contributed by atoms with van der Waals surface area (Å²) in [5.74, 6) is 1.15. The van der Waals surface area contributed by atoms with Crippen molar-refractivity contribution < 1.29 is 14.1 Å². The number of nitrogens with zero attached hydrogens (tertiary/aromatic N) is 4. The Morgan fingerprint density at radius 3 is 2.71 bits per heavy atom. The van der Waals surface area contributed by atoms with Crippen molar-refractivity contribution in [3.63, 3.8) is 0 Å². The first-order valence-electron chi connectivity index (χ1n) is 12.2. The zero-order valence-corrected chi connectivity index (χ0v) is 20.6. The molecule has 35 heavy (non-hydrogen) atoms. The third-order valence-electron chi connectivity index (χ3n) is 6.09. The van der Waals surface area contributed by atoms with Gasteiger partial charge in [-0.15, -0.1) is 0 Å². The van der Waals surface area contributed by atoms with Crippen LogP contribution in [-0.4, -0.2) is 58.3 Å². The van der Waals surface area contributed by atoms with Crippen LogP contribution >= 0.6 is 0 Å². The number of ether oxygens (including phenoxy) is 1. The Morgan fingerprint density at radius 1 is 1.17 bits per heavy atom. The summed E-state index contributed by atoms with van der Waals surface area (Å²) in [4.78, 5) is 33.1. The van der Waals surface area contributed by atoms with Crippen LogP contribution in [0.2, 0.25) is 0 Å². The molecule has 3 heterocycles. The second kappa shape index (κ2) is 11.3. The van der Waals surface area contributed by atoms with Crippen LogP contribution in [0.25, 0.3) is 22.7 Å². The van der Waals surface area contributed by atoms with Crippen molar-refractivity contribution in [3.05, 3.63) is 52.6 Å². The molecule has 0 bridgehead atoms. The number of likely N-dealkylation sites (tertiary alicyclic amines) is 1.